The maximum absolute atomic E-state index is 9.10. The molecule has 1 aromatic rings. The van der Waals surface area contributed by atoms with Crippen molar-refractivity contribution >= 4 is 11.9 Å². The van der Waals surface area contributed by atoms with Crippen molar-refractivity contribution in [1.82, 2.24) is 5.32 Å². The number of aliphatic carboxylic acids is 2. The van der Waals surface area contributed by atoms with Crippen molar-refractivity contribution in [3.63, 3.8) is 0 Å². The van der Waals surface area contributed by atoms with Crippen molar-refractivity contribution in [2.45, 2.75) is 58.0 Å². The zero-order valence-corrected chi connectivity index (χ0v) is 14.4. The Morgan fingerprint density at radius 1 is 1.12 bits per heavy atom. The molecule has 0 aromatic heterocycles. The first-order valence-corrected chi connectivity index (χ1v) is 8.27. The smallest absolute Gasteiger partial charge is 0.414 e. The van der Waals surface area contributed by atoms with E-state index in [4.69, 9.17) is 24.5 Å². The van der Waals surface area contributed by atoms with E-state index >= 15 is 0 Å². The van der Waals surface area contributed by atoms with Crippen LogP contribution < -0.4 is 10.1 Å². The molecule has 6 nitrogen and oxygen atoms in total. The molecule has 1 aliphatic carbocycles. The Morgan fingerprint density at radius 2 is 1.71 bits per heavy atom. The van der Waals surface area contributed by atoms with Gasteiger partial charge in [-0.15, -0.1) is 0 Å². The molecule has 0 saturated heterocycles. The first-order chi connectivity index (χ1) is 11.4. The molecule has 0 bridgehead atoms. The summed E-state index contributed by atoms with van der Waals surface area (Å²) < 4.78 is 5.29. The maximum Gasteiger partial charge on any atom is 0.414 e. The summed E-state index contributed by atoms with van der Waals surface area (Å²) in [5.74, 6) is -2.67. The molecule has 3 N–H and O–H groups in total. The lowest BCUT2D eigenvalue weighted by atomic mass is 10.1. The number of hydrogen-bond acceptors (Lipinski definition) is 4. The minimum atomic E-state index is -1.82. The van der Waals surface area contributed by atoms with E-state index in [0.717, 1.165) is 18.3 Å². The molecule has 1 fully saturated rings. The van der Waals surface area contributed by atoms with Gasteiger partial charge in [-0.1, -0.05) is 37.8 Å². The Bertz CT molecular complexity index is 524. The average Bonchev–Trinajstić information content (AvgIpc) is 2.82. The normalized spacial score (nSPS) is 14.9. The van der Waals surface area contributed by atoms with Gasteiger partial charge < -0.3 is 20.3 Å². The molecule has 0 heterocycles. The fourth-order valence-electron chi connectivity index (χ4n) is 2.80. The van der Waals surface area contributed by atoms with Gasteiger partial charge in [0, 0.05) is 12.6 Å². The second-order valence-electron chi connectivity index (χ2n) is 5.98. The highest BCUT2D eigenvalue weighted by atomic mass is 16.5. The van der Waals surface area contributed by atoms with Crippen molar-refractivity contribution in [2.75, 3.05) is 7.11 Å². The lowest BCUT2D eigenvalue weighted by molar-refractivity contribution is -0.159. The number of rotatable bonds is 4. The lowest BCUT2D eigenvalue weighted by Gasteiger charge is -2.16. The Hall–Kier alpha value is -2.08. The quantitative estimate of drug-likeness (QED) is 0.577. The highest BCUT2D eigenvalue weighted by molar-refractivity contribution is 6.27. The molecule has 0 atom stereocenters. The third kappa shape index (κ3) is 7.46. The van der Waals surface area contributed by atoms with E-state index < -0.39 is 11.9 Å². The van der Waals surface area contributed by atoms with Crippen molar-refractivity contribution in [2.24, 2.45) is 0 Å². The summed E-state index contributed by atoms with van der Waals surface area (Å²) in [6.45, 7) is 3.09. The summed E-state index contributed by atoms with van der Waals surface area (Å²) in [7, 11) is 1.73. The number of carboxylic acids is 2. The largest absolute Gasteiger partial charge is 0.496 e. The van der Waals surface area contributed by atoms with Crippen molar-refractivity contribution in [3.05, 3.63) is 29.3 Å². The fraction of sp³-hybridized carbons (Fsp3) is 0.556. The lowest BCUT2D eigenvalue weighted by Crippen LogP contribution is -2.27. The van der Waals surface area contributed by atoms with Gasteiger partial charge in [0.25, 0.3) is 0 Å². The van der Waals surface area contributed by atoms with Crippen LogP contribution in [0.4, 0.5) is 0 Å². The van der Waals surface area contributed by atoms with Crippen LogP contribution in [0.1, 0.15) is 49.7 Å². The van der Waals surface area contributed by atoms with Gasteiger partial charge in [-0.2, -0.15) is 0 Å². The predicted octanol–water partition coefficient (Wildman–Crippen LogP) is 2.97. The third-order valence-corrected chi connectivity index (χ3v) is 4.09. The molecule has 1 aromatic carbocycles. The van der Waals surface area contributed by atoms with Crippen molar-refractivity contribution in [3.8, 4) is 5.75 Å². The summed E-state index contributed by atoms with van der Waals surface area (Å²) in [6.07, 6.45) is 8.29. The molecule has 1 aliphatic rings. The highest BCUT2D eigenvalue weighted by Crippen LogP contribution is 2.20. The Labute approximate surface area is 142 Å². The van der Waals surface area contributed by atoms with Crippen LogP contribution >= 0.6 is 0 Å². The second kappa shape index (κ2) is 10.6. The summed E-state index contributed by atoms with van der Waals surface area (Å²) in [6, 6.07) is 7.17. The zero-order valence-electron chi connectivity index (χ0n) is 14.4. The van der Waals surface area contributed by atoms with Crippen LogP contribution in [0.5, 0.6) is 5.75 Å². The van der Waals surface area contributed by atoms with Gasteiger partial charge in [0.1, 0.15) is 5.75 Å². The van der Waals surface area contributed by atoms with Crippen molar-refractivity contribution < 1.29 is 24.5 Å². The van der Waals surface area contributed by atoms with Gasteiger partial charge in [0.15, 0.2) is 0 Å². The molecule has 6 heteroatoms. The number of ether oxygens (including phenoxy) is 1. The molecule has 134 valence electrons. The van der Waals surface area contributed by atoms with Crippen LogP contribution in [0, 0.1) is 6.92 Å². The number of nitrogens with one attached hydrogen (secondary N) is 1. The number of hydrogen-bond donors (Lipinski definition) is 3. The van der Waals surface area contributed by atoms with Crippen LogP contribution in [-0.4, -0.2) is 35.3 Å². The minimum Gasteiger partial charge on any atom is -0.496 e. The predicted molar refractivity (Wildman–Crippen MR) is 91.3 cm³/mol. The molecule has 2 rings (SSSR count). The van der Waals surface area contributed by atoms with E-state index in [1.807, 2.05) is 0 Å². The van der Waals surface area contributed by atoms with Crippen LogP contribution in [-0.2, 0) is 16.1 Å². The Balaban J connectivity index is 0.000000413. The van der Waals surface area contributed by atoms with Gasteiger partial charge in [0.2, 0.25) is 0 Å². The first-order valence-electron chi connectivity index (χ1n) is 8.27. The number of carboxylic acid groups (broad SMARTS) is 2. The third-order valence-electron chi connectivity index (χ3n) is 4.09. The van der Waals surface area contributed by atoms with Gasteiger partial charge in [0.05, 0.1) is 7.11 Å². The molecule has 0 spiro atoms. The summed E-state index contributed by atoms with van der Waals surface area (Å²) in [4.78, 5) is 18.2. The van der Waals surface area contributed by atoms with E-state index in [-0.39, 0.29) is 0 Å². The molecule has 0 radical (unpaired) electrons. The molecular formula is C18H27NO5. The molecule has 0 aliphatic heterocycles. The monoisotopic (exact) mass is 337 g/mol. The van der Waals surface area contributed by atoms with E-state index in [2.05, 4.69) is 30.4 Å². The van der Waals surface area contributed by atoms with E-state index in [0.29, 0.717) is 0 Å². The Morgan fingerprint density at radius 3 is 2.17 bits per heavy atom. The SMILES string of the molecule is COc1ccc(CNC2CCCCCC2)cc1C.O=C(O)C(=O)O. The van der Waals surface area contributed by atoms with Crippen LogP contribution in [0.25, 0.3) is 0 Å². The van der Waals surface area contributed by atoms with Crippen LogP contribution in [0.3, 0.4) is 0 Å². The zero-order chi connectivity index (χ0) is 17.9. The molecular weight excluding hydrogens is 310 g/mol. The molecule has 0 unspecified atom stereocenters. The van der Waals surface area contributed by atoms with Gasteiger partial charge in [-0.3, -0.25) is 0 Å². The van der Waals surface area contributed by atoms with Crippen molar-refractivity contribution in [1.29, 1.82) is 0 Å². The van der Waals surface area contributed by atoms with Gasteiger partial charge in [-0.25, -0.2) is 9.59 Å². The number of methoxy groups -OCH3 is 1. The molecule has 24 heavy (non-hydrogen) atoms. The van der Waals surface area contributed by atoms with Gasteiger partial charge >= 0.3 is 11.9 Å². The maximum atomic E-state index is 9.10. The summed E-state index contributed by atoms with van der Waals surface area (Å²) in [5, 5.41) is 18.5. The molecule has 0 amide bonds. The minimum absolute atomic E-state index is 0.718. The average molecular weight is 337 g/mol. The summed E-state index contributed by atoms with van der Waals surface area (Å²) in [5.41, 5.74) is 2.58. The number of benzene rings is 1. The number of aryl methyl sites for hydroxylation is 1. The van der Waals surface area contributed by atoms with E-state index in [1.165, 1.54) is 49.7 Å². The standard InChI is InChI=1S/C16H25NO.C2H2O4/c1-13-11-14(9-10-16(13)18-2)12-17-15-7-5-3-4-6-8-15;3-1(4)2(5)6/h9-11,15,17H,3-8,12H2,1-2H3;(H,3,4)(H,5,6). The van der Waals surface area contributed by atoms with Gasteiger partial charge in [-0.05, 0) is 37.0 Å². The van der Waals surface area contributed by atoms with Crippen LogP contribution in [0.2, 0.25) is 0 Å². The topological polar surface area (TPSA) is 95.9 Å². The first kappa shape index (κ1) is 20.0. The summed E-state index contributed by atoms with van der Waals surface area (Å²) >= 11 is 0. The Kier molecular flexibility index (Phi) is 8.86. The van der Waals surface area contributed by atoms with E-state index in [9.17, 15) is 0 Å². The van der Waals surface area contributed by atoms with Crippen LogP contribution in [0.15, 0.2) is 18.2 Å². The number of carbonyl (C=O) groups is 2. The van der Waals surface area contributed by atoms with E-state index in [1.54, 1.807) is 7.11 Å². The fourth-order valence-corrected chi connectivity index (χ4v) is 2.80. The molecule has 1 saturated carbocycles. The highest BCUT2D eigenvalue weighted by Gasteiger charge is 2.11. The second-order valence-corrected chi connectivity index (χ2v) is 5.98.